The average Bonchev–Trinajstić information content (AvgIpc) is 3.67. The molecule has 0 radical (unpaired) electrons. The zero-order valence-corrected chi connectivity index (χ0v) is 26.5. The maximum absolute atomic E-state index is 3.62. The van der Waals surface area contributed by atoms with Crippen LogP contribution >= 0.6 is 22.7 Å². The Morgan fingerprint density at radius 3 is 1.61 bits per heavy atom. The monoisotopic (exact) mass is 624 g/mol. The van der Waals surface area contributed by atoms with Gasteiger partial charge in [0.15, 0.2) is 0 Å². The number of nitrogens with one attached hydrogen (secondary N) is 1. The first-order chi connectivity index (χ1) is 22.8. The molecule has 7 aromatic carbocycles. The van der Waals surface area contributed by atoms with Crippen molar-refractivity contribution in [2.24, 2.45) is 0 Å². The maximum atomic E-state index is 3.62. The summed E-state index contributed by atoms with van der Waals surface area (Å²) in [7, 11) is 0. The van der Waals surface area contributed by atoms with Crippen molar-refractivity contribution in [2.75, 3.05) is 10.2 Å². The summed E-state index contributed by atoms with van der Waals surface area (Å²) < 4.78 is 5.20. The van der Waals surface area contributed by atoms with E-state index in [1.54, 1.807) is 0 Å². The van der Waals surface area contributed by atoms with Crippen LogP contribution in [-0.2, 0) is 0 Å². The Labute approximate surface area is 275 Å². The van der Waals surface area contributed by atoms with E-state index >= 15 is 0 Å². The van der Waals surface area contributed by atoms with Gasteiger partial charge >= 0.3 is 0 Å². The Kier molecular flexibility index (Phi) is 6.55. The largest absolute Gasteiger partial charge is 0.355 e. The second-order valence-electron chi connectivity index (χ2n) is 11.5. The van der Waals surface area contributed by atoms with Crippen LogP contribution in [0.4, 0.5) is 28.4 Å². The fourth-order valence-electron chi connectivity index (χ4n) is 6.40. The average molecular weight is 625 g/mol. The van der Waals surface area contributed by atoms with Gasteiger partial charge in [-0.15, -0.1) is 22.7 Å². The zero-order chi connectivity index (χ0) is 30.5. The predicted molar refractivity (Wildman–Crippen MR) is 202 cm³/mol. The van der Waals surface area contributed by atoms with Gasteiger partial charge in [0, 0.05) is 68.8 Å². The number of thiophene rings is 2. The normalized spacial score (nSPS) is 11.5. The quantitative estimate of drug-likeness (QED) is 0.198. The Morgan fingerprint density at radius 1 is 0.348 bits per heavy atom. The van der Waals surface area contributed by atoms with E-state index in [0.717, 1.165) is 28.4 Å². The molecule has 0 aliphatic rings. The Bertz CT molecular complexity index is 2490. The molecule has 0 saturated carbocycles. The highest BCUT2D eigenvalue weighted by Crippen LogP contribution is 2.43. The van der Waals surface area contributed by atoms with Gasteiger partial charge in [0.25, 0.3) is 0 Å². The molecule has 218 valence electrons. The Balaban J connectivity index is 1.09. The van der Waals surface area contributed by atoms with E-state index in [0.29, 0.717) is 0 Å². The summed E-state index contributed by atoms with van der Waals surface area (Å²) in [5, 5.41) is 8.78. The smallest absolute Gasteiger partial charge is 0.0468 e. The van der Waals surface area contributed by atoms with Gasteiger partial charge in [-0.2, -0.15) is 0 Å². The van der Waals surface area contributed by atoms with Crippen molar-refractivity contribution >= 4 is 91.5 Å². The van der Waals surface area contributed by atoms with Crippen LogP contribution in [0.1, 0.15) is 0 Å². The third-order valence-corrected chi connectivity index (χ3v) is 10.9. The Morgan fingerprint density at radius 2 is 0.891 bits per heavy atom. The first kappa shape index (κ1) is 26.9. The molecular formula is C42H28N2S2. The highest BCUT2D eigenvalue weighted by Gasteiger charge is 2.16. The second-order valence-corrected chi connectivity index (χ2v) is 13.7. The van der Waals surface area contributed by atoms with E-state index in [4.69, 9.17) is 0 Å². The molecule has 0 unspecified atom stereocenters. The summed E-state index contributed by atoms with van der Waals surface area (Å²) in [6.07, 6.45) is 0. The predicted octanol–water partition coefficient (Wildman–Crippen LogP) is 13.3. The molecule has 9 rings (SSSR count). The third-order valence-electron chi connectivity index (χ3n) is 8.63. The highest BCUT2D eigenvalue weighted by atomic mass is 32.1. The standard InChI is InChI=1S/C42H28N2S2/c1-3-9-28(10-4-1)29-15-17-30(18-16-29)43-31-19-22-36-38-27-34(21-24-41(38)46-42(36)25-31)44(32-11-5-2-6-12-32)33-20-23-40-37(26-33)35-13-7-8-14-39(35)45-40/h1-27,43H. The van der Waals surface area contributed by atoms with Crippen LogP contribution in [0.15, 0.2) is 164 Å². The van der Waals surface area contributed by atoms with Crippen molar-refractivity contribution in [1.29, 1.82) is 0 Å². The van der Waals surface area contributed by atoms with E-state index in [1.807, 2.05) is 22.7 Å². The van der Waals surface area contributed by atoms with Crippen LogP contribution in [-0.4, -0.2) is 0 Å². The lowest BCUT2D eigenvalue weighted by Crippen LogP contribution is -2.09. The zero-order valence-electron chi connectivity index (χ0n) is 24.9. The molecule has 0 amide bonds. The maximum Gasteiger partial charge on any atom is 0.0468 e. The highest BCUT2D eigenvalue weighted by molar-refractivity contribution is 7.26. The number of hydrogen-bond donors (Lipinski definition) is 1. The molecule has 46 heavy (non-hydrogen) atoms. The number of nitrogens with zero attached hydrogens (tertiary/aromatic N) is 1. The minimum Gasteiger partial charge on any atom is -0.355 e. The fraction of sp³-hybridized carbons (Fsp3) is 0. The van der Waals surface area contributed by atoms with Gasteiger partial charge in [0.2, 0.25) is 0 Å². The van der Waals surface area contributed by atoms with E-state index in [-0.39, 0.29) is 0 Å². The molecule has 2 heterocycles. The molecule has 0 saturated heterocycles. The molecule has 2 aromatic heterocycles. The molecule has 0 aliphatic carbocycles. The van der Waals surface area contributed by atoms with Gasteiger partial charge in [-0.1, -0.05) is 84.9 Å². The lowest BCUT2D eigenvalue weighted by atomic mass is 10.1. The van der Waals surface area contributed by atoms with Gasteiger partial charge in [-0.05, 0) is 90.0 Å². The second kappa shape index (κ2) is 11.2. The van der Waals surface area contributed by atoms with Gasteiger partial charge in [-0.25, -0.2) is 0 Å². The molecule has 0 atom stereocenters. The molecule has 9 aromatic rings. The topological polar surface area (TPSA) is 15.3 Å². The van der Waals surface area contributed by atoms with Gasteiger partial charge in [0.1, 0.15) is 0 Å². The SMILES string of the molecule is c1ccc(-c2ccc(Nc3ccc4c(c3)sc3ccc(N(c5ccccc5)c5ccc6sc7ccccc7c6c5)cc34)cc2)cc1. The van der Waals surface area contributed by atoms with Crippen LogP contribution in [0.3, 0.4) is 0 Å². The minimum atomic E-state index is 1.08. The van der Waals surface area contributed by atoms with Crippen LogP contribution in [0.5, 0.6) is 0 Å². The summed E-state index contributed by atoms with van der Waals surface area (Å²) in [6, 6.07) is 59.0. The number of anilines is 5. The number of fused-ring (bicyclic) bond motifs is 6. The van der Waals surface area contributed by atoms with Crippen LogP contribution < -0.4 is 10.2 Å². The summed E-state index contributed by atoms with van der Waals surface area (Å²) in [4.78, 5) is 2.38. The minimum absolute atomic E-state index is 1.08. The van der Waals surface area contributed by atoms with Crippen molar-refractivity contribution < 1.29 is 0 Å². The van der Waals surface area contributed by atoms with Crippen LogP contribution in [0.25, 0.3) is 51.5 Å². The van der Waals surface area contributed by atoms with Crippen LogP contribution in [0.2, 0.25) is 0 Å². The van der Waals surface area contributed by atoms with E-state index in [9.17, 15) is 0 Å². The van der Waals surface area contributed by atoms with E-state index in [2.05, 4.69) is 174 Å². The van der Waals surface area contributed by atoms with Crippen molar-refractivity contribution in [3.8, 4) is 11.1 Å². The number of hydrogen-bond acceptors (Lipinski definition) is 4. The summed E-state index contributed by atoms with van der Waals surface area (Å²) in [5.74, 6) is 0. The van der Waals surface area contributed by atoms with Crippen LogP contribution in [0, 0.1) is 0 Å². The molecule has 0 spiro atoms. The van der Waals surface area contributed by atoms with Gasteiger partial charge in [-0.3, -0.25) is 0 Å². The van der Waals surface area contributed by atoms with E-state index < -0.39 is 0 Å². The van der Waals surface area contributed by atoms with Crippen molar-refractivity contribution in [3.05, 3.63) is 164 Å². The summed E-state index contributed by atoms with van der Waals surface area (Å²) in [6.45, 7) is 0. The molecule has 0 aliphatic heterocycles. The molecule has 0 fully saturated rings. The summed E-state index contributed by atoms with van der Waals surface area (Å²) in [5.41, 5.74) is 8.07. The lowest BCUT2D eigenvalue weighted by Gasteiger charge is -2.25. The number of para-hydroxylation sites is 1. The number of benzene rings is 7. The van der Waals surface area contributed by atoms with Gasteiger partial charge < -0.3 is 10.2 Å². The van der Waals surface area contributed by atoms with Crippen molar-refractivity contribution in [1.82, 2.24) is 0 Å². The lowest BCUT2D eigenvalue weighted by molar-refractivity contribution is 1.30. The summed E-state index contributed by atoms with van der Waals surface area (Å²) >= 11 is 3.70. The molecule has 4 heteroatoms. The first-order valence-corrected chi connectivity index (χ1v) is 17.1. The molecule has 0 bridgehead atoms. The third kappa shape index (κ3) is 4.80. The molecular weight excluding hydrogens is 597 g/mol. The fourth-order valence-corrected chi connectivity index (χ4v) is 8.61. The molecule has 2 nitrogen and oxygen atoms in total. The Hall–Kier alpha value is -5.42. The van der Waals surface area contributed by atoms with Crippen molar-refractivity contribution in [3.63, 3.8) is 0 Å². The van der Waals surface area contributed by atoms with Gasteiger partial charge in [0.05, 0.1) is 0 Å². The van der Waals surface area contributed by atoms with E-state index in [1.165, 1.54) is 51.5 Å². The first-order valence-electron chi connectivity index (χ1n) is 15.4. The molecule has 1 N–H and O–H groups in total. The van der Waals surface area contributed by atoms with Crippen molar-refractivity contribution in [2.45, 2.75) is 0 Å². The number of rotatable bonds is 6.